The van der Waals surface area contributed by atoms with E-state index in [0.29, 0.717) is 18.1 Å². The molecule has 0 unspecified atom stereocenters. The van der Waals surface area contributed by atoms with E-state index in [4.69, 9.17) is 14.2 Å². The molecule has 0 fully saturated rings. The molecular weight excluding hydrogens is 362 g/mol. The van der Waals surface area contributed by atoms with Crippen LogP contribution in [0.25, 0.3) is 0 Å². The molecule has 0 aromatic heterocycles. The van der Waals surface area contributed by atoms with Crippen molar-refractivity contribution in [1.82, 2.24) is 0 Å². The molecule has 0 radical (unpaired) electrons. The van der Waals surface area contributed by atoms with Gasteiger partial charge in [0.2, 0.25) is 0 Å². The van der Waals surface area contributed by atoms with Crippen molar-refractivity contribution in [2.75, 3.05) is 6.61 Å². The number of esters is 1. The largest absolute Gasteiger partial charge is 0.489 e. The van der Waals surface area contributed by atoms with E-state index >= 15 is 0 Å². The molecule has 7 heteroatoms. The molecule has 142 valence electrons. The highest BCUT2D eigenvalue weighted by atomic mass is 16.6. The third-order valence-electron chi connectivity index (χ3n) is 3.71. The van der Waals surface area contributed by atoms with Crippen molar-refractivity contribution < 1.29 is 23.9 Å². The van der Waals surface area contributed by atoms with E-state index in [2.05, 4.69) is 0 Å². The first-order valence-corrected chi connectivity index (χ1v) is 8.45. The zero-order chi connectivity index (χ0) is 19.8. The van der Waals surface area contributed by atoms with E-state index in [1.54, 1.807) is 24.3 Å². The summed E-state index contributed by atoms with van der Waals surface area (Å²) in [4.78, 5) is 21.9. The number of hydrogen-bond acceptors (Lipinski definition) is 6. The van der Waals surface area contributed by atoms with E-state index in [-0.39, 0.29) is 18.0 Å². The Labute approximate surface area is 161 Å². The Morgan fingerprint density at radius 3 is 1.96 bits per heavy atom. The highest BCUT2D eigenvalue weighted by molar-refractivity contribution is 5.74. The number of carbonyl (C=O) groups excluding carboxylic acids is 1. The molecule has 3 aromatic rings. The molecule has 3 rings (SSSR count). The van der Waals surface area contributed by atoms with Gasteiger partial charge in [-0.1, -0.05) is 30.3 Å². The van der Waals surface area contributed by atoms with Crippen molar-refractivity contribution in [3.05, 3.63) is 94.5 Å². The molecule has 0 saturated heterocycles. The zero-order valence-corrected chi connectivity index (χ0v) is 14.8. The maximum absolute atomic E-state index is 11.8. The smallest absolute Gasteiger partial charge is 0.349 e. The molecule has 0 heterocycles. The Balaban J connectivity index is 1.45. The van der Waals surface area contributed by atoms with Crippen molar-refractivity contribution in [3.63, 3.8) is 0 Å². The van der Waals surface area contributed by atoms with Crippen LogP contribution in [0.2, 0.25) is 0 Å². The topological polar surface area (TPSA) is 87.9 Å². The molecule has 0 aliphatic rings. The van der Waals surface area contributed by atoms with E-state index in [1.165, 1.54) is 24.3 Å². The fraction of sp³-hybridized carbons (Fsp3) is 0.0952. The molecular formula is C21H17NO6. The highest BCUT2D eigenvalue weighted by Crippen LogP contribution is 2.20. The van der Waals surface area contributed by atoms with Crippen LogP contribution >= 0.6 is 0 Å². The zero-order valence-electron chi connectivity index (χ0n) is 14.8. The summed E-state index contributed by atoms with van der Waals surface area (Å²) in [6.45, 7) is 0.170. The number of nitro benzene ring substituents is 1. The molecule has 0 saturated carbocycles. The fourth-order valence-corrected chi connectivity index (χ4v) is 2.31. The number of ether oxygens (including phenoxy) is 3. The van der Waals surface area contributed by atoms with Gasteiger partial charge < -0.3 is 14.2 Å². The summed E-state index contributed by atoms with van der Waals surface area (Å²) in [5.41, 5.74) is 0.988. The van der Waals surface area contributed by atoms with Gasteiger partial charge in [-0.2, -0.15) is 0 Å². The van der Waals surface area contributed by atoms with Crippen LogP contribution in [0.3, 0.4) is 0 Å². The molecule has 0 amide bonds. The van der Waals surface area contributed by atoms with Crippen LogP contribution in [0.1, 0.15) is 5.56 Å². The molecule has 7 nitrogen and oxygen atoms in total. The lowest BCUT2D eigenvalue weighted by molar-refractivity contribution is -0.384. The predicted octanol–water partition coefficient (Wildman–Crippen LogP) is 4.16. The van der Waals surface area contributed by atoms with Gasteiger partial charge in [-0.3, -0.25) is 10.1 Å². The minimum absolute atomic E-state index is 0.0781. The van der Waals surface area contributed by atoms with Gasteiger partial charge in [-0.15, -0.1) is 0 Å². The van der Waals surface area contributed by atoms with Gasteiger partial charge >= 0.3 is 5.97 Å². The molecule has 0 bridgehead atoms. The number of carbonyl (C=O) groups is 1. The lowest BCUT2D eigenvalue weighted by atomic mass is 10.2. The van der Waals surface area contributed by atoms with Crippen LogP contribution in [0, 0.1) is 10.1 Å². The molecule has 0 aliphatic carbocycles. The van der Waals surface area contributed by atoms with Gasteiger partial charge in [0.1, 0.15) is 23.9 Å². The average Bonchev–Trinajstić information content (AvgIpc) is 2.72. The normalized spacial score (nSPS) is 10.1. The predicted molar refractivity (Wildman–Crippen MR) is 101 cm³/mol. The molecule has 28 heavy (non-hydrogen) atoms. The van der Waals surface area contributed by atoms with Crippen LogP contribution in [-0.2, 0) is 11.4 Å². The first-order chi connectivity index (χ1) is 13.6. The average molecular weight is 379 g/mol. The molecule has 0 N–H and O–H groups in total. The van der Waals surface area contributed by atoms with Crippen LogP contribution in [-0.4, -0.2) is 17.5 Å². The summed E-state index contributed by atoms with van der Waals surface area (Å²) in [5.74, 6) is 0.777. The number of nitrogens with zero attached hydrogens (tertiary/aromatic N) is 1. The van der Waals surface area contributed by atoms with Crippen molar-refractivity contribution >= 4 is 11.7 Å². The Kier molecular flexibility index (Phi) is 6.20. The molecule has 0 atom stereocenters. The molecule has 3 aromatic carbocycles. The number of rotatable bonds is 8. The number of non-ortho nitro benzene ring substituents is 1. The quantitative estimate of drug-likeness (QED) is 0.253. The first kappa shape index (κ1) is 18.9. The monoisotopic (exact) mass is 379 g/mol. The minimum atomic E-state index is -0.613. The SMILES string of the molecule is O=C(COc1ccc(OCc2ccccc2)cc1)Oc1ccc([N+](=O)[O-])cc1. The molecule has 0 spiro atoms. The lowest BCUT2D eigenvalue weighted by Crippen LogP contribution is -2.17. The van der Waals surface area contributed by atoms with Crippen LogP contribution in [0.15, 0.2) is 78.9 Å². The fourth-order valence-electron chi connectivity index (χ4n) is 2.31. The Morgan fingerprint density at radius 1 is 0.786 bits per heavy atom. The summed E-state index contributed by atoms with van der Waals surface area (Å²) in [5, 5.41) is 10.6. The minimum Gasteiger partial charge on any atom is -0.489 e. The number of benzene rings is 3. The van der Waals surface area contributed by atoms with E-state index in [1.807, 2.05) is 30.3 Å². The Morgan fingerprint density at radius 2 is 1.36 bits per heavy atom. The summed E-state index contributed by atoms with van der Waals surface area (Å²) in [6, 6.07) is 21.9. The van der Waals surface area contributed by atoms with Crippen molar-refractivity contribution in [3.8, 4) is 17.2 Å². The standard InChI is InChI=1S/C21H17NO6/c23-21(28-20-8-6-17(7-9-20)22(24)25)15-27-19-12-10-18(11-13-19)26-14-16-4-2-1-3-5-16/h1-13H,14-15H2. The van der Waals surface area contributed by atoms with Crippen molar-refractivity contribution in [2.45, 2.75) is 6.61 Å². The van der Waals surface area contributed by atoms with E-state index in [9.17, 15) is 14.9 Å². The van der Waals surface area contributed by atoms with Crippen LogP contribution in [0.5, 0.6) is 17.2 Å². The maximum atomic E-state index is 11.8. The molecule has 0 aliphatic heterocycles. The van der Waals surface area contributed by atoms with Gasteiger partial charge in [0.05, 0.1) is 4.92 Å². The summed E-state index contributed by atoms with van der Waals surface area (Å²) >= 11 is 0. The van der Waals surface area contributed by atoms with Crippen LogP contribution < -0.4 is 14.2 Å². The Hall–Kier alpha value is -3.87. The summed E-state index contributed by atoms with van der Waals surface area (Å²) in [7, 11) is 0. The van der Waals surface area contributed by atoms with Gasteiger partial charge in [-0.05, 0) is 42.0 Å². The van der Waals surface area contributed by atoms with Gasteiger partial charge in [0.15, 0.2) is 6.61 Å². The van der Waals surface area contributed by atoms with Crippen LogP contribution in [0.4, 0.5) is 5.69 Å². The second-order valence-corrected chi connectivity index (χ2v) is 5.76. The second-order valence-electron chi connectivity index (χ2n) is 5.76. The number of nitro groups is 1. The second kappa shape index (κ2) is 9.18. The third kappa shape index (κ3) is 5.57. The van der Waals surface area contributed by atoms with E-state index < -0.39 is 10.9 Å². The van der Waals surface area contributed by atoms with Gasteiger partial charge in [0.25, 0.3) is 5.69 Å². The Bertz CT molecular complexity index is 923. The first-order valence-electron chi connectivity index (χ1n) is 8.45. The number of hydrogen-bond donors (Lipinski definition) is 0. The summed E-state index contributed by atoms with van der Waals surface area (Å²) < 4.78 is 16.1. The highest BCUT2D eigenvalue weighted by Gasteiger charge is 2.09. The van der Waals surface area contributed by atoms with Crippen molar-refractivity contribution in [1.29, 1.82) is 0 Å². The summed E-state index contributed by atoms with van der Waals surface area (Å²) in [6.07, 6.45) is 0. The lowest BCUT2D eigenvalue weighted by Gasteiger charge is -2.09. The van der Waals surface area contributed by atoms with Crippen molar-refractivity contribution in [2.24, 2.45) is 0 Å². The van der Waals surface area contributed by atoms with Gasteiger partial charge in [-0.25, -0.2) is 4.79 Å². The maximum Gasteiger partial charge on any atom is 0.349 e. The van der Waals surface area contributed by atoms with Gasteiger partial charge in [0, 0.05) is 12.1 Å². The van der Waals surface area contributed by atoms with E-state index in [0.717, 1.165) is 5.56 Å². The third-order valence-corrected chi connectivity index (χ3v) is 3.71.